The molecule has 0 spiro atoms. The second-order valence-electron chi connectivity index (χ2n) is 9.98. The highest BCUT2D eigenvalue weighted by Crippen LogP contribution is 2.20. The number of piperidine rings is 1. The number of rotatable bonds is 9. The molecule has 2 aliphatic heterocycles. The van der Waals surface area contributed by atoms with Crippen molar-refractivity contribution in [2.45, 2.75) is 32.0 Å². The molecule has 1 unspecified atom stereocenters. The van der Waals surface area contributed by atoms with Crippen LogP contribution in [0.3, 0.4) is 0 Å². The number of hydrogen-bond donors (Lipinski definition) is 0. The first-order chi connectivity index (χ1) is 19.1. The van der Waals surface area contributed by atoms with Crippen LogP contribution in [0.1, 0.15) is 35.2 Å². The molecular weight excluding hydrogens is 496 g/mol. The van der Waals surface area contributed by atoms with Gasteiger partial charge in [0.15, 0.2) is 0 Å². The maximum Gasteiger partial charge on any atom is 0.412 e. The molecule has 1 amide bonds. The molecule has 8 heteroatoms. The van der Waals surface area contributed by atoms with Crippen molar-refractivity contribution in [1.82, 2.24) is 9.80 Å². The van der Waals surface area contributed by atoms with E-state index < -0.39 is 18.4 Å². The van der Waals surface area contributed by atoms with E-state index >= 15 is 0 Å². The fourth-order valence-electron chi connectivity index (χ4n) is 4.92. The lowest BCUT2D eigenvalue weighted by Gasteiger charge is -2.28. The van der Waals surface area contributed by atoms with Crippen LogP contribution < -0.4 is 4.74 Å². The molecule has 2 aliphatic rings. The van der Waals surface area contributed by atoms with Crippen LogP contribution in [0.4, 0.5) is 4.79 Å². The molecule has 206 valence electrons. The molecule has 39 heavy (non-hydrogen) atoms. The van der Waals surface area contributed by atoms with Crippen LogP contribution in [0.2, 0.25) is 0 Å². The molecule has 0 radical (unpaired) electrons. The third-order valence-corrected chi connectivity index (χ3v) is 7.17. The summed E-state index contributed by atoms with van der Waals surface area (Å²) in [7, 11) is 0. The average Bonchev–Trinajstić information content (AvgIpc) is 2.98. The van der Waals surface area contributed by atoms with Gasteiger partial charge in [0, 0.05) is 39.1 Å². The zero-order valence-corrected chi connectivity index (χ0v) is 22.3. The van der Waals surface area contributed by atoms with Crippen LogP contribution >= 0.6 is 0 Å². The summed E-state index contributed by atoms with van der Waals surface area (Å²) in [5, 5.41) is 2.19. The number of benzene rings is 3. The Morgan fingerprint density at radius 3 is 2.33 bits per heavy atom. The summed E-state index contributed by atoms with van der Waals surface area (Å²) >= 11 is 0. The topological polar surface area (TPSA) is 77.5 Å². The summed E-state index contributed by atoms with van der Waals surface area (Å²) in [5.41, 5.74) is 1.29. The van der Waals surface area contributed by atoms with Gasteiger partial charge in [0.25, 0.3) is 6.29 Å². The zero-order valence-electron chi connectivity index (χ0n) is 22.3. The first-order valence-corrected chi connectivity index (χ1v) is 13.8. The van der Waals surface area contributed by atoms with E-state index in [9.17, 15) is 9.59 Å². The van der Waals surface area contributed by atoms with Crippen LogP contribution in [0.5, 0.6) is 5.75 Å². The van der Waals surface area contributed by atoms with Crippen molar-refractivity contribution in [2.75, 3.05) is 52.5 Å². The number of carbonyl (C=O) groups is 2. The Bertz CT molecular complexity index is 1240. The smallest absolute Gasteiger partial charge is 0.412 e. The molecule has 2 saturated heterocycles. The van der Waals surface area contributed by atoms with Gasteiger partial charge in [0.1, 0.15) is 12.4 Å². The van der Waals surface area contributed by atoms with E-state index in [1.807, 2.05) is 42.5 Å². The van der Waals surface area contributed by atoms with E-state index in [1.165, 1.54) is 0 Å². The Kier molecular flexibility index (Phi) is 9.30. The van der Waals surface area contributed by atoms with Crippen molar-refractivity contribution < 1.29 is 28.5 Å². The minimum absolute atomic E-state index is 0.263. The lowest BCUT2D eigenvalue weighted by atomic mass is 10.0. The van der Waals surface area contributed by atoms with E-state index in [4.69, 9.17) is 18.9 Å². The molecule has 3 aromatic rings. The first-order valence-electron chi connectivity index (χ1n) is 13.8. The van der Waals surface area contributed by atoms with Crippen molar-refractivity contribution in [3.63, 3.8) is 0 Å². The average molecular weight is 533 g/mol. The highest BCUT2D eigenvalue weighted by molar-refractivity contribution is 5.89. The van der Waals surface area contributed by atoms with Gasteiger partial charge in [-0.3, -0.25) is 4.90 Å². The van der Waals surface area contributed by atoms with E-state index in [1.54, 1.807) is 29.2 Å². The number of morpholine rings is 1. The fourth-order valence-corrected chi connectivity index (χ4v) is 4.92. The summed E-state index contributed by atoms with van der Waals surface area (Å²) in [6.07, 6.45) is 1.77. The highest BCUT2D eigenvalue weighted by Gasteiger charge is 2.25. The second kappa shape index (κ2) is 13.4. The zero-order chi connectivity index (χ0) is 26.9. The summed E-state index contributed by atoms with van der Waals surface area (Å²) < 4.78 is 22.7. The SMILES string of the molecule is O=C(OC(Cc1ccc2ccccc2c1)OC(=O)N1CCCCC1)c1ccc(OCCN2CCOCC2)cc1. The van der Waals surface area contributed by atoms with Crippen LogP contribution in [0, 0.1) is 0 Å². The van der Waals surface area contributed by atoms with Crippen molar-refractivity contribution >= 4 is 22.8 Å². The van der Waals surface area contributed by atoms with E-state index in [2.05, 4.69) is 4.90 Å². The molecule has 0 saturated carbocycles. The number of nitrogens with zero attached hydrogens (tertiary/aromatic N) is 2. The molecule has 0 bridgehead atoms. The standard InChI is InChI=1S/C31H36N2O6/c34-30(26-10-12-28(13-11-26)37-21-18-32-16-19-36-20-17-32)38-29(39-31(35)33-14-4-1-5-15-33)23-24-8-9-25-6-2-3-7-27(25)22-24/h2-3,6-13,22,29H,1,4-5,14-21,23H2. The lowest BCUT2D eigenvalue weighted by molar-refractivity contribution is -0.0800. The van der Waals surface area contributed by atoms with Crippen molar-refractivity contribution in [2.24, 2.45) is 0 Å². The number of hydrogen-bond acceptors (Lipinski definition) is 7. The number of ether oxygens (including phenoxy) is 4. The van der Waals surface area contributed by atoms with E-state index in [0.29, 0.717) is 31.0 Å². The van der Waals surface area contributed by atoms with Gasteiger partial charge in [-0.2, -0.15) is 0 Å². The molecule has 8 nitrogen and oxygen atoms in total. The number of fused-ring (bicyclic) bond motifs is 1. The minimum Gasteiger partial charge on any atom is -0.492 e. The van der Waals surface area contributed by atoms with Crippen LogP contribution in [0.15, 0.2) is 66.7 Å². The Labute approximate surface area is 229 Å². The Balaban J connectivity index is 1.21. The minimum atomic E-state index is -1.04. The van der Waals surface area contributed by atoms with Gasteiger partial charge in [0.05, 0.1) is 18.8 Å². The second-order valence-corrected chi connectivity index (χ2v) is 9.98. The Morgan fingerprint density at radius 1 is 0.821 bits per heavy atom. The number of likely N-dealkylation sites (tertiary alicyclic amines) is 1. The quantitative estimate of drug-likeness (QED) is 0.287. The van der Waals surface area contributed by atoms with Crippen molar-refractivity contribution in [1.29, 1.82) is 0 Å². The summed E-state index contributed by atoms with van der Waals surface area (Å²) in [5.74, 6) is 0.135. The summed E-state index contributed by atoms with van der Waals surface area (Å²) in [4.78, 5) is 29.9. The molecule has 0 N–H and O–H groups in total. The fraction of sp³-hybridized carbons (Fsp3) is 0.419. The first kappa shape index (κ1) is 27.0. The number of esters is 1. The summed E-state index contributed by atoms with van der Waals surface area (Å²) in [6, 6.07) is 20.9. The predicted molar refractivity (Wildman–Crippen MR) is 148 cm³/mol. The molecule has 0 aromatic heterocycles. The van der Waals surface area contributed by atoms with Gasteiger partial charge in [-0.15, -0.1) is 0 Å². The molecule has 5 rings (SSSR count). The molecule has 1 atom stereocenters. The molecule has 3 aromatic carbocycles. The monoisotopic (exact) mass is 532 g/mol. The lowest BCUT2D eigenvalue weighted by Crippen LogP contribution is -2.39. The largest absolute Gasteiger partial charge is 0.492 e. The maximum atomic E-state index is 13.1. The number of carbonyl (C=O) groups excluding carboxylic acids is 2. The van der Waals surface area contributed by atoms with Gasteiger partial charge in [-0.25, -0.2) is 9.59 Å². The third-order valence-electron chi connectivity index (χ3n) is 7.17. The molecular formula is C31H36N2O6. The normalized spacial score (nSPS) is 17.0. The maximum absolute atomic E-state index is 13.1. The van der Waals surface area contributed by atoms with Gasteiger partial charge < -0.3 is 23.8 Å². The van der Waals surface area contributed by atoms with Gasteiger partial charge in [0.2, 0.25) is 0 Å². The van der Waals surface area contributed by atoms with Crippen LogP contribution in [-0.4, -0.2) is 80.7 Å². The van der Waals surface area contributed by atoms with Gasteiger partial charge in [-0.1, -0.05) is 42.5 Å². The van der Waals surface area contributed by atoms with E-state index in [0.717, 1.165) is 68.4 Å². The Morgan fingerprint density at radius 2 is 1.56 bits per heavy atom. The number of amides is 1. The van der Waals surface area contributed by atoms with Gasteiger partial charge in [-0.05, 0) is 59.9 Å². The van der Waals surface area contributed by atoms with Gasteiger partial charge >= 0.3 is 12.1 Å². The van der Waals surface area contributed by atoms with E-state index in [-0.39, 0.29) is 6.42 Å². The van der Waals surface area contributed by atoms with Crippen LogP contribution in [0.25, 0.3) is 10.8 Å². The third kappa shape index (κ3) is 7.71. The molecule has 2 heterocycles. The van der Waals surface area contributed by atoms with Crippen molar-refractivity contribution in [3.8, 4) is 5.75 Å². The van der Waals surface area contributed by atoms with Crippen molar-refractivity contribution in [3.05, 3.63) is 77.9 Å². The Hall–Kier alpha value is -3.62. The highest BCUT2D eigenvalue weighted by atomic mass is 16.7. The molecule has 0 aliphatic carbocycles. The molecule has 2 fully saturated rings. The van der Waals surface area contributed by atoms with Crippen LogP contribution in [-0.2, 0) is 20.6 Å². The summed E-state index contributed by atoms with van der Waals surface area (Å²) in [6.45, 7) is 6.03. The predicted octanol–water partition coefficient (Wildman–Crippen LogP) is 4.90.